The zero-order valence-corrected chi connectivity index (χ0v) is 13.0. The number of carbonyl (C=O) groups excluding carboxylic acids is 1. The first-order chi connectivity index (χ1) is 9.88. The molecule has 0 aliphatic rings. The highest BCUT2D eigenvalue weighted by Crippen LogP contribution is 2.13. The summed E-state index contributed by atoms with van der Waals surface area (Å²) in [5, 5.41) is 4.39. The lowest BCUT2D eigenvalue weighted by Crippen LogP contribution is -2.34. The topological polar surface area (TPSA) is 67.2 Å². The van der Waals surface area contributed by atoms with Gasteiger partial charge in [-0.15, -0.1) is 0 Å². The molecule has 7 heteroatoms. The molecule has 0 N–H and O–H groups in total. The van der Waals surface area contributed by atoms with Crippen LogP contribution in [-0.4, -0.2) is 58.2 Å². The fourth-order valence-corrected chi connectivity index (χ4v) is 1.92. The molecule has 2 heterocycles. The molecule has 0 aromatic carbocycles. The predicted octanol–water partition coefficient (Wildman–Crippen LogP) is 0.804. The highest BCUT2D eigenvalue weighted by molar-refractivity contribution is 5.80. The van der Waals surface area contributed by atoms with Crippen molar-refractivity contribution in [2.24, 2.45) is 0 Å². The van der Waals surface area contributed by atoms with Gasteiger partial charge in [-0.1, -0.05) is 0 Å². The number of carbonyl (C=O) groups is 1. The molecule has 2 aromatic rings. The molecule has 0 aliphatic carbocycles. The Bertz CT molecular complexity index is 649. The van der Waals surface area contributed by atoms with Crippen LogP contribution in [0.5, 0.6) is 0 Å². The largest absolute Gasteiger partial charge is 0.349 e. The van der Waals surface area contributed by atoms with Gasteiger partial charge in [0.15, 0.2) is 5.82 Å². The molecule has 2 rings (SSSR count). The molecular weight excluding hydrogens is 268 g/mol. The number of likely N-dealkylation sites (N-methyl/N-ethyl adjacent to an activating group) is 2. The molecule has 0 saturated heterocycles. The summed E-state index contributed by atoms with van der Waals surface area (Å²) in [6, 6.07) is 1.98. The zero-order chi connectivity index (χ0) is 15.6. The van der Waals surface area contributed by atoms with Crippen LogP contribution in [0.2, 0.25) is 0 Å². The molecule has 0 bridgehead atoms. The van der Waals surface area contributed by atoms with E-state index in [4.69, 9.17) is 0 Å². The van der Waals surface area contributed by atoms with Crippen molar-refractivity contribution in [1.82, 2.24) is 24.6 Å². The quantitative estimate of drug-likeness (QED) is 0.832. The van der Waals surface area contributed by atoms with E-state index < -0.39 is 0 Å². The average molecular weight is 288 g/mol. The Morgan fingerprint density at radius 3 is 2.52 bits per heavy atom. The first-order valence-electron chi connectivity index (χ1n) is 6.65. The molecule has 21 heavy (non-hydrogen) atoms. The maximum Gasteiger partial charge on any atom is 0.241 e. The molecule has 0 saturated carbocycles. The van der Waals surface area contributed by atoms with Gasteiger partial charge in [0.1, 0.15) is 5.82 Å². The third-order valence-corrected chi connectivity index (χ3v) is 3.10. The van der Waals surface area contributed by atoms with Crippen molar-refractivity contribution < 1.29 is 4.79 Å². The highest BCUT2D eigenvalue weighted by atomic mass is 16.2. The minimum Gasteiger partial charge on any atom is -0.349 e. The Hall–Kier alpha value is -2.44. The van der Waals surface area contributed by atoms with Crippen LogP contribution >= 0.6 is 0 Å². The van der Waals surface area contributed by atoms with Crippen LogP contribution in [0.25, 0.3) is 5.82 Å². The fourth-order valence-electron chi connectivity index (χ4n) is 1.92. The van der Waals surface area contributed by atoms with Crippen molar-refractivity contribution >= 4 is 11.7 Å². The molecular formula is C14H20N6O. The molecule has 0 unspecified atom stereocenters. The number of aryl methyl sites for hydroxylation is 2. The summed E-state index contributed by atoms with van der Waals surface area (Å²) in [5.74, 6) is 1.29. The summed E-state index contributed by atoms with van der Waals surface area (Å²) >= 11 is 0. The predicted molar refractivity (Wildman–Crippen MR) is 80.6 cm³/mol. The molecule has 112 valence electrons. The summed E-state index contributed by atoms with van der Waals surface area (Å²) in [6.45, 7) is 4.15. The molecule has 0 spiro atoms. The van der Waals surface area contributed by atoms with Crippen LogP contribution < -0.4 is 4.90 Å². The Morgan fingerprint density at radius 1 is 1.24 bits per heavy atom. The van der Waals surface area contributed by atoms with Crippen molar-refractivity contribution in [3.8, 4) is 5.82 Å². The lowest BCUT2D eigenvalue weighted by Gasteiger charge is -2.20. The Morgan fingerprint density at radius 2 is 1.95 bits per heavy atom. The second-order valence-electron chi connectivity index (χ2n) is 5.22. The van der Waals surface area contributed by atoms with Crippen molar-refractivity contribution in [1.29, 1.82) is 0 Å². The lowest BCUT2D eigenvalue weighted by molar-refractivity contribution is -0.127. The van der Waals surface area contributed by atoms with Crippen molar-refractivity contribution in [3.05, 3.63) is 29.8 Å². The standard InChI is InChI=1S/C14H20N6O/c1-10-6-11(2)20(17-10)13-8-15-7-12(16-13)19(5)9-14(21)18(3)4/h6-8H,9H2,1-5H3. The van der Waals surface area contributed by atoms with Crippen LogP contribution in [-0.2, 0) is 4.79 Å². The molecule has 0 atom stereocenters. The second kappa shape index (κ2) is 5.90. The van der Waals surface area contributed by atoms with E-state index in [-0.39, 0.29) is 12.5 Å². The Balaban J connectivity index is 2.25. The Labute approximate surface area is 124 Å². The van der Waals surface area contributed by atoms with Gasteiger partial charge in [-0.2, -0.15) is 5.10 Å². The SMILES string of the molecule is Cc1cc(C)n(-c2cncc(N(C)CC(=O)N(C)C)n2)n1. The van der Waals surface area contributed by atoms with Crippen LogP contribution in [0, 0.1) is 13.8 Å². The number of amides is 1. The van der Waals surface area contributed by atoms with E-state index >= 15 is 0 Å². The fraction of sp³-hybridized carbons (Fsp3) is 0.429. The molecule has 0 aliphatic heterocycles. The van der Waals surface area contributed by atoms with E-state index in [2.05, 4.69) is 15.1 Å². The van der Waals surface area contributed by atoms with E-state index in [0.717, 1.165) is 11.4 Å². The number of nitrogens with zero attached hydrogens (tertiary/aromatic N) is 6. The monoisotopic (exact) mass is 288 g/mol. The number of rotatable bonds is 4. The van der Waals surface area contributed by atoms with E-state index in [1.807, 2.05) is 27.0 Å². The summed E-state index contributed by atoms with van der Waals surface area (Å²) in [7, 11) is 5.28. The van der Waals surface area contributed by atoms with Gasteiger partial charge in [-0.25, -0.2) is 9.67 Å². The minimum absolute atomic E-state index is 0.0100. The third-order valence-electron chi connectivity index (χ3n) is 3.10. The number of hydrogen-bond acceptors (Lipinski definition) is 5. The Kier molecular flexibility index (Phi) is 4.21. The second-order valence-corrected chi connectivity index (χ2v) is 5.22. The van der Waals surface area contributed by atoms with Gasteiger partial charge in [0.25, 0.3) is 0 Å². The molecule has 0 radical (unpaired) electrons. The van der Waals surface area contributed by atoms with E-state index in [1.54, 1.807) is 41.0 Å². The summed E-state index contributed by atoms with van der Waals surface area (Å²) in [6.07, 6.45) is 3.29. The first kappa shape index (κ1) is 15.0. The van der Waals surface area contributed by atoms with Gasteiger partial charge >= 0.3 is 0 Å². The summed E-state index contributed by atoms with van der Waals surface area (Å²) < 4.78 is 1.74. The summed E-state index contributed by atoms with van der Waals surface area (Å²) in [4.78, 5) is 23.8. The maximum absolute atomic E-state index is 11.8. The van der Waals surface area contributed by atoms with Gasteiger partial charge in [-0.05, 0) is 19.9 Å². The third kappa shape index (κ3) is 3.36. The smallest absolute Gasteiger partial charge is 0.241 e. The maximum atomic E-state index is 11.8. The normalized spacial score (nSPS) is 10.5. The van der Waals surface area contributed by atoms with Gasteiger partial charge in [0, 0.05) is 26.8 Å². The number of hydrogen-bond donors (Lipinski definition) is 0. The van der Waals surface area contributed by atoms with E-state index in [0.29, 0.717) is 11.6 Å². The van der Waals surface area contributed by atoms with Crippen LogP contribution in [0.4, 0.5) is 5.82 Å². The molecule has 1 amide bonds. The van der Waals surface area contributed by atoms with E-state index in [9.17, 15) is 4.79 Å². The number of aromatic nitrogens is 4. The average Bonchev–Trinajstić information content (AvgIpc) is 2.77. The highest BCUT2D eigenvalue weighted by Gasteiger charge is 2.12. The summed E-state index contributed by atoms with van der Waals surface area (Å²) in [5.41, 5.74) is 1.92. The van der Waals surface area contributed by atoms with Gasteiger partial charge in [0.05, 0.1) is 24.6 Å². The van der Waals surface area contributed by atoms with Crippen molar-refractivity contribution in [2.75, 3.05) is 32.6 Å². The molecule has 2 aromatic heterocycles. The first-order valence-corrected chi connectivity index (χ1v) is 6.65. The van der Waals surface area contributed by atoms with Gasteiger partial charge in [-0.3, -0.25) is 9.78 Å². The van der Waals surface area contributed by atoms with Gasteiger partial charge in [0.2, 0.25) is 5.91 Å². The van der Waals surface area contributed by atoms with E-state index in [1.165, 1.54) is 0 Å². The lowest BCUT2D eigenvalue weighted by atomic mass is 10.4. The van der Waals surface area contributed by atoms with Crippen LogP contribution in [0.1, 0.15) is 11.4 Å². The van der Waals surface area contributed by atoms with Crippen molar-refractivity contribution in [3.63, 3.8) is 0 Å². The van der Waals surface area contributed by atoms with Crippen LogP contribution in [0.15, 0.2) is 18.5 Å². The molecule has 7 nitrogen and oxygen atoms in total. The minimum atomic E-state index is 0.0100. The van der Waals surface area contributed by atoms with Gasteiger partial charge < -0.3 is 9.80 Å². The van der Waals surface area contributed by atoms with Crippen molar-refractivity contribution in [2.45, 2.75) is 13.8 Å². The number of anilines is 1. The van der Waals surface area contributed by atoms with Crippen LogP contribution in [0.3, 0.4) is 0 Å². The molecule has 0 fully saturated rings. The zero-order valence-electron chi connectivity index (χ0n) is 13.0.